The van der Waals surface area contributed by atoms with Crippen LogP contribution in [0.1, 0.15) is 73.3 Å². The van der Waals surface area contributed by atoms with Gasteiger partial charge in [-0.25, -0.2) is 9.97 Å². The molecular weight excluding hydrogens is 536 g/mol. The van der Waals surface area contributed by atoms with Gasteiger partial charge in [-0.05, 0) is 46.6 Å². The second kappa shape index (κ2) is 10.7. The summed E-state index contributed by atoms with van der Waals surface area (Å²) in [5, 5.41) is 4.56. The standard InChI is InChI=1S/C24H29F6N5O2S/c1-12(23(25,26)27)10-32-19(36)20-33-17(21(37)35-8-6-7-13(35)2)18(38-20)14-11-31-16(34-22(3,4)5)9-15(14)24(28,29)30/h9,11-13H,6-8,10H2,1-5H3,(H,31,34)(H,32,36). The van der Waals surface area contributed by atoms with Crippen LogP contribution in [0.15, 0.2) is 12.3 Å². The van der Waals surface area contributed by atoms with Gasteiger partial charge in [-0.15, -0.1) is 11.3 Å². The zero-order valence-corrected chi connectivity index (χ0v) is 22.3. The number of thiazole rings is 1. The van der Waals surface area contributed by atoms with Crippen LogP contribution in [-0.2, 0) is 6.18 Å². The highest BCUT2D eigenvalue weighted by atomic mass is 32.1. The van der Waals surface area contributed by atoms with Gasteiger partial charge >= 0.3 is 12.4 Å². The maximum absolute atomic E-state index is 14.2. The van der Waals surface area contributed by atoms with Crippen molar-refractivity contribution in [1.29, 1.82) is 0 Å². The third kappa shape index (κ3) is 6.94. The Morgan fingerprint density at radius 3 is 2.37 bits per heavy atom. The van der Waals surface area contributed by atoms with Crippen molar-refractivity contribution >= 4 is 29.0 Å². The molecule has 2 N–H and O–H groups in total. The monoisotopic (exact) mass is 565 g/mol. The lowest BCUT2D eigenvalue weighted by atomic mass is 10.1. The van der Waals surface area contributed by atoms with Crippen LogP contribution < -0.4 is 10.6 Å². The minimum absolute atomic E-state index is 0.0433. The number of pyridine rings is 1. The zero-order valence-electron chi connectivity index (χ0n) is 21.5. The number of nitrogens with one attached hydrogen (secondary N) is 2. The van der Waals surface area contributed by atoms with Gasteiger partial charge in [-0.1, -0.05) is 6.92 Å². The van der Waals surface area contributed by atoms with Gasteiger partial charge in [0.2, 0.25) is 0 Å². The van der Waals surface area contributed by atoms with Crippen LogP contribution in [-0.4, -0.2) is 57.5 Å². The highest BCUT2D eigenvalue weighted by Crippen LogP contribution is 2.42. The molecule has 0 saturated carbocycles. The van der Waals surface area contributed by atoms with Gasteiger partial charge < -0.3 is 15.5 Å². The molecule has 2 aromatic rings. The Morgan fingerprint density at radius 1 is 1.18 bits per heavy atom. The van der Waals surface area contributed by atoms with E-state index in [1.807, 2.05) is 0 Å². The Balaban J connectivity index is 2.10. The fourth-order valence-corrected chi connectivity index (χ4v) is 4.87. The van der Waals surface area contributed by atoms with Crippen molar-refractivity contribution in [1.82, 2.24) is 20.2 Å². The third-order valence-electron chi connectivity index (χ3n) is 5.92. The number of rotatable bonds is 6. The molecule has 0 aromatic carbocycles. The molecule has 38 heavy (non-hydrogen) atoms. The number of alkyl halides is 6. The SMILES string of the molecule is CC1CCCN1C(=O)c1nc(C(=O)NCC(C)C(F)(F)F)sc1-c1cnc(NC(C)(C)C)cc1C(F)(F)F. The molecule has 7 nitrogen and oxygen atoms in total. The highest BCUT2D eigenvalue weighted by Gasteiger charge is 2.39. The number of likely N-dealkylation sites (tertiary alicyclic amines) is 1. The molecule has 1 saturated heterocycles. The molecule has 0 bridgehead atoms. The highest BCUT2D eigenvalue weighted by molar-refractivity contribution is 7.17. The summed E-state index contributed by atoms with van der Waals surface area (Å²) in [7, 11) is 0. The van der Waals surface area contributed by atoms with E-state index in [1.165, 1.54) is 4.90 Å². The number of nitrogens with zero attached hydrogens (tertiary/aromatic N) is 3. The summed E-state index contributed by atoms with van der Waals surface area (Å²) in [4.78, 5) is 35.4. The molecule has 3 rings (SSSR count). The van der Waals surface area contributed by atoms with E-state index in [2.05, 4.69) is 20.6 Å². The molecule has 14 heteroatoms. The summed E-state index contributed by atoms with van der Waals surface area (Å²) in [5.74, 6) is -3.58. The molecular formula is C24H29F6N5O2S. The van der Waals surface area contributed by atoms with Crippen LogP contribution in [0.4, 0.5) is 32.2 Å². The van der Waals surface area contributed by atoms with E-state index in [9.17, 15) is 35.9 Å². The molecule has 2 atom stereocenters. The normalized spacial score (nSPS) is 17.4. The summed E-state index contributed by atoms with van der Waals surface area (Å²) >= 11 is 0.505. The van der Waals surface area contributed by atoms with Gasteiger partial charge in [-0.2, -0.15) is 26.3 Å². The fourth-order valence-electron chi connectivity index (χ4n) is 3.88. The van der Waals surface area contributed by atoms with Crippen molar-refractivity contribution in [3.05, 3.63) is 28.5 Å². The van der Waals surface area contributed by atoms with E-state index in [1.54, 1.807) is 27.7 Å². The molecule has 1 aliphatic heterocycles. The second-order valence-corrected chi connectivity index (χ2v) is 11.3. The Bertz CT molecular complexity index is 1190. The summed E-state index contributed by atoms with van der Waals surface area (Å²) in [6.45, 7) is 7.52. The number of amides is 2. The maximum Gasteiger partial charge on any atom is 0.417 e. The molecule has 2 aromatic heterocycles. The van der Waals surface area contributed by atoms with Gasteiger partial charge in [0.1, 0.15) is 11.5 Å². The van der Waals surface area contributed by atoms with E-state index in [4.69, 9.17) is 0 Å². The predicted octanol–water partition coefficient (Wildman–Crippen LogP) is 5.99. The van der Waals surface area contributed by atoms with Crippen LogP contribution in [0.5, 0.6) is 0 Å². The molecule has 1 aliphatic rings. The Morgan fingerprint density at radius 2 is 1.84 bits per heavy atom. The van der Waals surface area contributed by atoms with Gasteiger partial charge in [0.15, 0.2) is 5.01 Å². The summed E-state index contributed by atoms with van der Waals surface area (Å²) < 4.78 is 81.1. The first-order valence-electron chi connectivity index (χ1n) is 11.9. The van der Waals surface area contributed by atoms with Crippen molar-refractivity contribution in [2.45, 2.75) is 71.4 Å². The van der Waals surface area contributed by atoms with Gasteiger partial charge in [0.05, 0.1) is 16.4 Å². The molecule has 0 spiro atoms. The van der Waals surface area contributed by atoms with Gasteiger partial charge in [0.25, 0.3) is 11.8 Å². The average molecular weight is 566 g/mol. The Hall–Kier alpha value is -2.90. The van der Waals surface area contributed by atoms with E-state index in [-0.39, 0.29) is 22.4 Å². The number of hydrogen-bond donors (Lipinski definition) is 2. The van der Waals surface area contributed by atoms with Crippen molar-refractivity contribution in [2.75, 3.05) is 18.4 Å². The summed E-state index contributed by atoms with van der Waals surface area (Å²) in [6, 6.07) is 0.623. The zero-order chi connectivity index (χ0) is 28.6. The quantitative estimate of drug-likeness (QED) is 0.421. The third-order valence-corrected chi connectivity index (χ3v) is 7.01. The Labute approximate surface area is 220 Å². The maximum atomic E-state index is 14.2. The number of carbonyl (C=O) groups is 2. The smallest absolute Gasteiger partial charge is 0.365 e. The van der Waals surface area contributed by atoms with Crippen molar-refractivity contribution < 1.29 is 35.9 Å². The molecule has 210 valence electrons. The minimum Gasteiger partial charge on any atom is -0.365 e. The van der Waals surface area contributed by atoms with E-state index in [0.29, 0.717) is 30.7 Å². The molecule has 0 radical (unpaired) electrons. The van der Waals surface area contributed by atoms with Gasteiger partial charge in [0, 0.05) is 36.4 Å². The first-order valence-corrected chi connectivity index (χ1v) is 12.7. The number of halogens is 6. The van der Waals surface area contributed by atoms with E-state index >= 15 is 0 Å². The van der Waals surface area contributed by atoms with Crippen LogP contribution in [0, 0.1) is 5.92 Å². The fraction of sp³-hybridized carbons (Fsp3) is 0.583. The van der Waals surface area contributed by atoms with Crippen LogP contribution in [0.3, 0.4) is 0 Å². The second-order valence-electron chi connectivity index (χ2n) is 10.3. The average Bonchev–Trinajstić information content (AvgIpc) is 3.41. The lowest BCUT2D eigenvalue weighted by Crippen LogP contribution is -2.35. The van der Waals surface area contributed by atoms with Crippen molar-refractivity contribution in [2.24, 2.45) is 5.92 Å². The number of carbonyl (C=O) groups excluding carboxylic acids is 2. The molecule has 2 amide bonds. The Kier molecular flexibility index (Phi) is 8.35. The lowest BCUT2D eigenvalue weighted by molar-refractivity contribution is -0.167. The lowest BCUT2D eigenvalue weighted by Gasteiger charge is -2.23. The van der Waals surface area contributed by atoms with Crippen molar-refractivity contribution in [3.8, 4) is 10.4 Å². The van der Waals surface area contributed by atoms with E-state index < -0.39 is 58.3 Å². The largest absolute Gasteiger partial charge is 0.417 e. The number of aromatic nitrogens is 2. The van der Waals surface area contributed by atoms with E-state index in [0.717, 1.165) is 19.2 Å². The van der Waals surface area contributed by atoms with Crippen LogP contribution >= 0.6 is 11.3 Å². The van der Waals surface area contributed by atoms with Gasteiger partial charge in [-0.3, -0.25) is 9.59 Å². The topological polar surface area (TPSA) is 87.2 Å². The number of hydrogen-bond acceptors (Lipinski definition) is 6. The first kappa shape index (κ1) is 29.7. The van der Waals surface area contributed by atoms with Crippen LogP contribution in [0.2, 0.25) is 0 Å². The molecule has 1 fully saturated rings. The minimum atomic E-state index is -4.84. The first-order chi connectivity index (χ1) is 17.4. The van der Waals surface area contributed by atoms with Crippen molar-refractivity contribution in [3.63, 3.8) is 0 Å². The number of anilines is 1. The molecule has 2 unspecified atom stereocenters. The van der Waals surface area contributed by atoms with Crippen LogP contribution in [0.25, 0.3) is 10.4 Å². The molecule has 3 heterocycles. The predicted molar refractivity (Wildman–Crippen MR) is 131 cm³/mol. The summed E-state index contributed by atoms with van der Waals surface area (Å²) in [6.07, 6.45) is -7.05. The molecule has 0 aliphatic carbocycles. The summed E-state index contributed by atoms with van der Waals surface area (Å²) in [5.41, 5.74) is -2.51.